The second-order valence-electron chi connectivity index (χ2n) is 7.67. The summed E-state index contributed by atoms with van der Waals surface area (Å²) < 4.78 is 10.8. The van der Waals surface area contributed by atoms with Gasteiger partial charge in [-0.25, -0.2) is 4.79 Å². The van der Waals surface area contributed by atoms with E-state index in [9.17, 15) is 14.4 Å². The van der Waals surface area contributed by atoms with Crippen LogP contribution in [0.2, 0.25) is 0 Å². The van der Waals surface area contributed by atoms with Crippen molar-refractivity contribution in [3.8, 4) is 0 Å². The van der Waals surface area contributed by atoms with Gasteiger partial charge in [-0.1, -0.05) is 35.9 Å². The first-order valence-electron chi connectivity index (χ1n) is 10.1. The smallest absolute Gasteiger partial charge is 0.375 e. The standard InChI is InChI=1S/C24H23NO5/c1-14-10-11-21-18(12-14)20(26)13-22(30-21)24(28)29-15(2)23(27)25-19-9-5-7-16-6-3-4-8-17(16)19/h3-4,6,8,10-13,15,19H,5,7,9H2,1-2H3,(H,25,27)/t15-,19+/m1/s1. The Morgan fingerprint density at radius 3 is 2.80 bits per heavy atom. The van der Waals surface area contributed by atoms with Crippen molar-refractivity contribution in [2.24, 2.45) is 0 Å². The van der Waals surface area contributed by atoms with Gasteiger partial charge in [0.15, 0.2) is 11.5 Å². The maximum atomic E-state index is 12.6. The minimum atomic E-state index is -1.02. The molecule has 0 fully saturated rings. The molecule has 0 unspecified atom stereocenters. The summed E-state index contributed by atoms with van der Waals surface area (Å²) in [4.78, 5) is 37.4. The van der Waals surface area contributed by atoms with E-state index in [1.807, 2.05) is 25.1 Å². The van der Waals surface area contributed by atoms with E-state index in [2.05, 4.69) is 11.4 Å². The molecule has 1 aromatic heterocycles. The fourth-order valence-corrected chi connectivity index (χ4v) is 3.84. The zero-order valence-electron chi connectivity index (χ0n) is 16.9. The molecule has 30 heavy (non-hydrogen) atoms. The summed E-state index contributed by atoms with van der Waals surface area (Å²) in [5, 5.41) is 3.37. The Morgan fingerprint density at radius 2 is 1.97 bits per heavy atom. The highest BCUT2D eigenvalue weighted by Crippen LogP contribution is 2.29. The predicted octanol–water partition coefficient (Wildman–Crippen LogP) is 3.84. The lowest BCUT2D eigenvalue weighted by atomic mass is 9.87. The highest BCUT2D eigenvalue weighted by molar-refractivity contribution is 5.91. The molecule has 0 aliphatic heterocycles. The normalized spacial score (nSPS) is 16.5. The minimum absolute atomic E-state index is 0.106. The molecule has 0 spiro atoms. The number of amides is 1. The summed E-state index contributed by atoms with van der Waals surface area (Å²) in [5.74, 6) is -1.45. The van der Waals surface area contributed by atoms with Crippen LogP contribution in [0.1, 0.15) is 53.1 Å². The summed E-state index contributed by atoms with van der Waals surface area (Å²) in [5.41, 5.74) is 3.22. The van der Waals surface area contributed by atoms with Gasteiger partial charge in [0.05, 0.1) is 11.4 Å². The SMILES string of the molecule is Cc1ccc2oc(C(=O)O[C@H](C)C(=O)N[C@H]3CCCc4ccccc43)cc(=O)c2c1. The molecule has 1 N–H and O–H groups in total. The molecule has 2 aromatic carbocycles. The molecule has 4 rings (SSSR count). The van der Waals surface area contributed by atoms with Gasteiger partial charge in [-0.2, -0.15) is 0 Å². The molecule has 3 aromatic rings. The monoisotopic (exact) mass is 405 g/mol. The maximum absolute atomic E-state index is 12.6. The highest BCUT2D eigenvalue weighted by atomic mass is 16.6. The molecule has 0 bridgehead atoms. The number of ether oxygens (including phenoxy) is 1. The van der Waals surface area contributed by atoms with E-state index in [0.29, 0.717) is 11.0 Å². The Morgan fingerprint density at radius 1 is 1.17 bits per heavy atom. The Hall–Kier alpha value is -3.41. The molecule has 1 heterocycles. The second kappa shape index (κ2) is 8.14. The first-order chi connectivity index (χ1) is 14.4. The lowest BCUT2D eigenvalue weighted by Crippen LogP contribution is -2.39. The quantitative estimate of drug-likeness (QED) is 0.667. The van der Waals surface area contributed by atoms with Gasteiger partial charge in [0.2, 0.25) is 5.76 Å². The molecule has 1 amide bonds. The van der Waals surface area contributed by atoms with Crippen LogP contribution in [0.25, 0.3) is 11.0 Å². The number of esters is 1. The van der Waals surface area contributed by atoms with Gasteiger partial charge >= 0.3 is 5.97 Å². The van der Waals surface area contributed by atoms with Crippen LogP contribution in [0.3, 0.4) is 0 Å². The third kappa shape index (κ3) is 3.99. The molecule has 6 heteroatoms. The Bertz CT molecular complexity index is 1180. The van der Waals surface area contributed by atoms with Crippen molar-refractivity contribution in [3.63, 3.8) is 0 Å². The number of carbonyl (C=O) groups is 2. The number of carbonyl (C=O) groups excluding carboxylic acids is 2. The van der Waals surface area contributed by atoms with E-state index in [-0.39, 0.29) is 23.1 Å². The topological polar surface area (TPSA) is 85.6 Å². The molecule has 1 aliphatic rings. The van der Waals surface area contributed by atoms with Crippen LogP contribution >= 0.6 is 0 Å². The fraction of sp³-hybridized carbons (Fsp3) is 0.292. The zero-order valence-corrected chi connectivity index (χ0v) is 16.9. The molecule has 0 saturated carbocycles. The number of hydrogen-bond acceptors (Lipinski definition) is 5. The van der Waals surface area contributed by atoms with Crippen molar-refractivity contribution in [3.05, 3.63) is 81.2 Å². The van der Waals surface area contributed by atoms with Gasteiger partial charge in [0.25, 0.3) is 5.91 Å². The Balaban J connectivity index is 1.46. The van der Waals surface area contributed by atoms with Gasteiger partial charge < -0.3 is 14.5 Å². The number of aryl methyl sites for hydroxylation is 2. The van der Waals surface area contributed by atoms with Crippen molar-refractivity contribution in [1.29, 1.82) is 0 Å². The maximum Gasteiger partial charge on any atom is 0.375 e. The first kappa shape index (κ1) is 19.9. The van der Waals surface area contributed by atoms with Crippen molar-refractivity contribution < 1.29 is 18.7 Å². The van der Waals surface area contributed by atoms with Crippen molar-refractivity contribution in [1.82, 2.24) is 5.32 Å². The number of rotatable bonds is 4. The van der Waals surface area contributed by atoms with E-state index in [4.69, 9.17) is 9.15 Å². The van der Waals surface area contributed by atoms with Crippen LogP contribution in [0.15, 0.2) is 57.7 Å². The molecule has 6 nitrogen and oxygen atoms in total. The van der Waals surface area contributed by atoms with Gasteiger partial charge in [-0.3, -0.25) is 9.59 Å². The third-order valence-corrected chi connectivity index (χ3v) is 5.42. The first-order valence-corrected chi connectivity index (χ1v) is 10.1. The summed E-state index contributed by atoms with van der Waals surface area (Å²) in [6.45, 7) is 3.37. The zero-order chi connectivity index (χ0) is 21.3. The molecule has 0 saturated heterocycles. The van der Waals surface area contributed by atoms with Crippen LogP contribution in [0.5, 0.6) is 0 Å². The Kier molecular flexibility index (Phi) is 5.40. The van der Waals surface area contributed by atoms with E-state index in [1.165, 1.54) is 12.5 Å². The molecule has 154 valence electrons. The van der Waals surface area contributed by atoms with Crippen molar-refractivity contribution in [2.45, 2.75) is 45.3 Å². The van der Waals surface area contributed by atoms with Crippen LogP contribution in [0.4, 0.5) is 0 Å². The van der Waals surface area contributed by atoms with Crippen LogP contribution < -0.4 is 10.7 Å². The second-order valence-corrected chi connectivity index (χ2v) is 7.67. The third-order valence-electron chi connectivity index (χ3n) is 5.42. The lowest BCUT2D eigenvalue weighted by Gasteiger charge is -2.27. The lowest BCUT2D eigenvalue weighted by molar-refractivity contribution is -0.130. The summed E-state index contributed by atoms with van der Waals surface area (Å²) in [6.07, 6.45) is 1.79. The van der Waals surface area contributed by atoms with Crippen molar-refractivity contribution >= 4 is 22.8 Å². The average Bonchev–Trinajstić information content (AvgIpc) is 2.74. The van der Waals surface area contributed by atoms with E-state index in [0.717, 1.165) is 36.5 Å². The molecule has 0 radical (unpaired) electrons. The largest absolute Gasteiger partial charge is 0.449 e. The van der Waals surface area contributed by atoms with Gasteiger partial charge in [0, 0.05) is 6.07 Å². The number of fused-ring (bicyclic) bond motifs is 2. The predicted molar refractivity (Wildman–Crippen MR) is 112 cm³/mol. The summed E-state index contributed by atoms with van der Waals surface area (Å²) in [6, 6.07) is 14.2. The number of hydrogen-bond donors (Lipinski definition) is 1. The van der Waals surface area contributed by atoms with Crippen LogP contribution in [-0.4, -0.2) is 18.0 Å². The average molecular weight is 405 g/mol. The highest BCUT2D eigenvalue weighted by Gasteiger charge is 2.26. The van der Waals surface area contributed by atoms with Gasteiger partial charge in [-0.15, -0.1) is 0 Å². The minimum Gasteiger partial charge on any atom is -0.449 e. The van der Waals surface area contributed by atoms with E-state index >= 15 is 0 Å². The van der Waals surface area contributed by atoms with Crippen LogP contribution in [0, 0.1) is 6.92 Å². The van der Waals surface area contributed by atoms with E-state index in [1.54, 1.807) is 18.2 Å². The summed E-state index contributed by atoms with van der Waals surface area (Å²) in [7, 11) is 0. The number of benzene rings is 2. The molecular formula is C24H23NO5. The summed E-state index contributed by atoms with van der Waals surface area (Å²) >= 11 is 0. The molecular weight excluding hydrogens is 382 g/mol. The Labute approximate surface area is 173 Å². The number of nitrogens with one attached hydrogen (secondary N) is 1. The molecule has 1 aliphatic carbocycles. The van der Waals surface area contributed by atoms with Gasteiger partial charge in [0.1, 0.15) is 5.58 Å². The van der Waals surface area contributed by atoms with E-state index < -0.39 is 12.1 Å². The van der Waals surface area contributed by atoms with Crippen molar-refractivity contribution in [2.75, 3.05) is 0 Å². The fourth-order valence-electron chi connectivity index (χ4n) is 3.84. The van der Waals surface area contributed by atoms with Gasteiger partial charge in [-0.05, 0) is 56.4 Å². The van der Waals surface area contributed by atoms with Crippen LogP contribution in [-0.2, 0) is 16.0 Å². The molecule has 2 atom stereocenters.